The molecule has 2 aromatic rings. The van der Waals surface area contributed by atoms with Crippen molar-refractivity contribution in [2.24, 2.45) is 11.7 Å². The van der Waals surface area contributed by atoms with Crippen molar-refractivity contribution in [2.75, 3.05) is 5.32 Å². The third kappa shape index (κ3) is 3.36. The standard InChI is InChI=1S/C15H18N4O2S/c16-14(21)11-6-10(7-17-11)12-8-22-15(18-12)19-13(20)5-9-3-1-2-4-9/h6-9,17H,1-5H2,(H2,16,21)(H,18,19,20). The monoisotopic (exact) mass is 318 g/mol. The number of nitrogens with one attached hydrogen (secondary N) is 2. The average Bonchev–Trinajstić information content (AvgIpc) is 3.18. The van der Waals surface area contributed by atoms with Gasteiger partial charge in [0.15, 0.2) is 5.13 Å². The fourth-order valence-corrected chi connectivity index (χ4v) is 3.53. The van der Waals surface area contributed by atoms with Gasteiger partial charge in [-0.05, 0) is 24.8 Å². The average molecular weight is 318 g/mol. The number of hydrogen-bond donors (Lipinski definition) is 3. The number of aromatic amines is 1. The van der Waals surface area contributed by atoms with Crippen LogP contribution in [0.15, 0.2) is 17.6 Å². The third-order valence-electron chi connectivity index (χ3n) is 3.94. The number of aromatic nitrogens is 2. The van der Waals surface area contributed by atoms with E-state index in [1.54, 1.807) is 12.3 Å². The first-order valence-corrected chi connectivity index (χ1v) is 8.24. The lowest BCUT2D eigenvalue weighted by atomic mass is 10.0. The van der Waals surface area contributed by atoms with Gasteiger partial charge in [0, 0.05) is 23.6 Å². The van der Waals surface area contributed by atoms with Crippen molar-refractivity contribution in [1.82, 2.24) is 9.97 Å². The van der Waals surface area contributed by atoms with Gasteiger partial charge in [-0.15, -0.1) is 11.3 Å². The highest BCUT2D eigenvalue weighted by Crippen LogP contribution is 2.29. The zero-order valence-electron chi connectivity index (χ0n) is 12.1. The minimum Gasteiger partial charge on any atom is -0.364 e. The van der Waals surface area contributed by atoms with E-state index >= 15 is 0 Å². The summed E-state index contributed by atoms with van der Waals surface area (Å²) in [5.41, 5.74) is 7.04. The molecule has 2 heterocycles. The smallest absolute Gasteiger partial charge is 0.265 e. The van der Waals surface area contributed by atoms with Gasteiger partial charge in [0.25, 0.3) is 5.91 Å². The number of nitrogens with zero attached hydrogens (tertiary/aromatic N) is 1. The molecule has 22 heavy (non-hydrogen) atoms. The number of nitrogens with two attached hydrogens (primary N) is 1. The van der Waals surface area contributed by atoms with Crippen molar-refractivity contribution in [3.05, 3.63) is 23.3 Å². The number of carbonyl (C=O) groups excluding carboxylic acids is 2. The van der Waals surface area contributed by atoms with Gasteiger partial charge in [0.2, 0.25) is 5.91 Å². The van der Waals surface area contributed by atoms with E-state index in [0.717, 1.165) is 18.4 Å². The second-order valence-corrected chi connectivity index (χ2v) is 6.47. The number of hydrogen-bond acceptors (Lipinski definition) is 4. The Kier molecular flexibility index (Phi) is 4.24. The molecule has 3 rings (SSSR count). The maximum atomic E-state index is 12.0. The summed E-state index contributed by atoms with van der Waals surface area (Å²) in [5.74, 6) is 0.0356. The second-order valence-electron chi connectivity index (χ2n) is 5.61. The van der Waals surface area contributed by atoms with Crippen LogP contribution >= 0.6 is 11.3 Å². The van der Waals surface area contributed by atoms with E-state index in [0.29, 0.717) is 28.9 Å². The van der Waals surface area contributed by atoms with Crippen LogP contribution in [0.1, 0.15) is 42.6 Å². The fraction of sp³-hybridized carbons (Fsp3) is 0.400. The molecule has 4 N–H and O–H groups in total. The predicted octanol–water partition coefficient (Wildman–Crippen LogP) is 2.76. The molecule has 1 fully saturated rings. The molecule has 1 aliphatic carbocycles. The van der Waals surface area contributed by atoms with E-state index in [-0.39, 0.29) is 5.91 Å². The SMILES string of the molecule is NC(=O)c1cc(-c2csc(NC(=O)CC3CCCC3)n2)c[nH]1. The van der Waals surface area contributed by atoms with E-state index in [1.807, 2.05) is 5.38 Å². The van der Waals surface area contributed by atoms with Crippen molar-refractivity contribution in [3.63, 3.8) is 0 Å². The number of H-pyrrole nitrogens is 1. The van der Waals surface area contributed by atoms with Crippen LogP contribution in [0.2, 0.25) is 0 Å². The molecule has 0 spiro atoms. The molecule has 6 nitrogen and oxygen atoms in total. The normalized spacial score (nSPS) is 15.1. The Balaban J connectivity index is 1.62. The Morgan fingerprint density at radius 1 is 1.41 bits per heavy atom. The largest absolute Gasteiger partial charge is 0.364 e. The highest BCUT2D eigenvalue weighted by molar-refractivity contribution is 7.14. The Morgan fingerprint density at radius 3 is 2.86 bits per heavy atom. The van der Waals surface area contributed by atoms with Gasteiger partial charge in [-0.1, -0.05) is 12.8 Å². The van der Waals surface area contributed by atoms with Gasteiger partial charge in [-0.2, -0.15) is 0 Å². The number of primary amides is 1. The molecule has 0 aromatic carbocycles. The number of anilines is 1. The maximum Gasteiger partial charge on any atom is 0.265 e. The van der Waals surface area contributed by atoms with Gasteiger partial charge in [0.05, 0.1) is 5.69 Å². The summed E-state index contributed by atoms with van der Waals surface area (Å²) in [7, 11) is 0. The summed E-state index contributed by atoms with van der Waals surface area (Å²) in [6.45, 7) is 0. The minimum absolute atomic E-state index is 0.0275. The molecule has 0 atom stereocenters. The molecule has 0 radical (unpaired) electrons. The Morgan fingerprint density at radius 2 is 2.18 bits per heavy atom. The molecule has 0 unspecified atom stereocenters. The van der Waals surface area contributed by atoms with E-state index in [4.69, 9.17) is 5.73 Å². The predicted molar refractivity (Wildman–Crippen MR) is 85.6 cm³/mol. The first-order chi connectivity index (χ1) is 10.6. The van der Waals surface area contributed by atoms with E-state index < -0.39 is 5.91 Å². The van der Waals surface area contributed by atoms with Gasteiger partial charge in [0.1, 0.15) is 5.69 Å². The van der Waals surface area contributed by atoms with Crippen LogP contribution in [0.4, 0.5) is 5.13 Å². The lowest BCUT2D eigenvalue weighted by molar-refractivity contribution is -0.117. The molecule has 7 heteroatoms. The van der Waals surface area contributed by atoms with Gasteiger partial charge >= 0.3 is 0 Å². The summed E-state index contributed by atoms with van der Waals surface area (Å²) >= 11 is 1.38. The highest BCUT2D eigenvalue weighted by atomic mass is 32.1. The molecule has 0 aliphatic heterocycles. The van der Waals surface area contributed by atoms with Crippen LogP contribution in [0.3, 0.4) is 0 Å². The van der Waals surface area contributed by atoms with E-state index in [2.05, 4.69) is 15.3 Å². The van der Waals surface area contributed by atoms with Crippen molar-refractivity contribution >= 4 is 28.3 Å². The van der Waals surface area contributed by atoms with Gasteiger partial charge in [-0.3, -0.25) is 9.59 Å². The molecule has 1 saturated carbocycles. The molecule has 1 aliphatic rings. The van der Waals surface area contributed by atoms with Crippen LogP contribution < -0.4 is 11.1 Å². The lowest BCUT2D eigenvalue weighted by Gasteiger charge is -2.07. The van der Waals surface area contributed by atoms with Crippen LogP contribution in [-0.4, -0.2) is 21.8 Å². The Bertz CT molecular complexity index is 685. The quantitative estimate of drug-likeness (QED) is 0.790. The zero-order chi connectivity index (χ0) is 15.5. The van der Waals surface area contributed by atoms with Crippen LogP contribution in [0.5, 0.6) is 0 Å². The van der Waals surface area contributed by atoms with Gasteiger partial charge < -0.3 is 16.0 Å². The topological polar surface area (TPSA) is 101 Å². The zero-order valence-corrected chi connectivity index (χ0v) is 12.9. The summed E-state index contributed by atoms with van der Waals surface area (Å²) in [6.07, 6.45) is 7.01. The van der Waals surface area contributed by atoms with Crippen molar-refractivity contribution in [1.29, 1.82) is 0 Å². The fourth-order valence-electron chi connectivity index (χ4n) is 2.80. The molecular formula is C15H18N4O2S. The number of amides is 2. The molecule has 116 valence electrons. The Labute approximate surface area is 132 Å². The molecule has 0 saturated heterocycles. The Hall–Kier alpha value is -2.15. The van der Waals surface area contributed by atoms with Crippen LogP contribution in [0, 0.1) is 5.92 Å². The first-order valence-electron chi connectivity index (χ1n) is 7.36. The maximum absolute atomic E-state index is 12.0. The molecular weight excluding hydrogens is 300 g/mol. The second kappa shape index (κ2) is 6.31. The van der Waals surface area contributed by atoms with Crippen molar-refractivity contribution in [3.8, 4) is 11.3 Å². The highest BCUT2D eigenvalue weighted by Gasteiger charge is 2.19. The van der Waals surface area contributed by atoms with Crippen molar-refractivity contribution < 1.29 is 9.59 Å². The summed E-state index contributed by atoms with van der Waals surface area (Å²) in [6, 6.07) is 1.65. The molecule has 2 amide bonds. The molecule has 0 bridgehead atoms. The molecule has 2 aromatic heterocycles. The van der Waals surface area contributed by atoms with Crippen molar-refractivity contribution in [2.45, 2.75) is 32.1 Å². The first kappa shape index (κ1) is 14.8. The van der Waals surface area contributed by atoms with E-state index in [9.17, 15) is 9.59 Å². The third-order valence-corrected chi connectivity index (χ3v) is 4.70. The summed E-state index contributed by atoms with van der Waals surface area (Å²) < 4.78 is 0. The minimum atomic E-state index is -0.508. The number of rotatable bonds is 5. The lowest BCUT2D eigenvalue weighted by Crippen LogP contribution is -2.14. The number of carbonyl (C=O) groups is 2. The number of thiazole rings is 1. The van der Waals surface area contributed by atoms with Gasteiger partial charge in [-0.25, -0.2) is 4.98 Å². The summed E-state index contributed by atoms with van der Waals surface area (Å²) in [4.78, 5) is 30.3. The van der Waals surface area contributed by atoms with Crippen LogP contribution in [-0.2, 0) is 4.79 Å². The summed E-state index contributed by atoms with van der Waals surface area (Å²) in [5, 5.41) is 5.28. The van der Waals surface area contributed by atoms with Crippen LogP contribution in [0.25, 0.3) is 11.3 Å². The van der Waals surface area contributed by atoms with E-state index in [1.165, 1.54) is 24.2 Å².